The first kappa shape index (κ1) is 10.8. The van der Waals surface area contributed by atoms with Crippen LogP contribution in [0.3, 0.4) is 0 Å². The van der Waals surface area contributed by atoms with Gasteiger partial charge in [0.2, 0.25) is 0 Å². The van der Waals surface area contributed by atoms with Crippen LogP contribution in [0, 0.1) is 10.1 Å². The zero-order valence-electron chi connectivity index (χ0n) is 7.86. The number of anilines is 1. The molecule has 0 aromatic carbocycles. The van der Waals surface area contributed by atoms with Gasteiger partial charge in [-0.1, -0.05) is 0 Å². The fourth-order valence-corrected chi connectivity index (χ4v) is 2.62. The third-order valence-corrected chi connectivity index (χ3v) is 3.42. The van der Waals surface area contributed by atoms with Crippen LogP contribution in [-0.4, -0.2) is 14.9 Å². The van der Waals surface area contributed by atoms with E-state index in [1.807, 2.05) is 5.38 Å². The lowest BCUT2D eigenvalue weighted by Gasteiger charge is -1.99. The average Bonchev–Trinajstić information content (AvgIpc) is 2.69. The topological polar surface area (TPSA) is 94.9 Å². The van der Waals surface area contributed by atoms with Crippen LogP contribution >= 0.6 is 23.1 Å². The molecule has 0 bridgehead atoms. The van der Waals surface area contributed by atoms with Gasteiger partial charge in [0, 0.05) is 17.6 Å². The van der Waals surface area contributed by atoms with Gasteiger partial charge in [0.1, 0.15) is 10.8 Å². The SMILES string of the molecule is Nc1cc([N+](=O)[O-])cc(Sc2nccs2)n1. The smallest absolute Gasteiger partial charge is 0.275 e. The van der Waals surface area contributed by atoms with Crippen LogP contribution in [0.4, 0.5) is 11.5 Å². The largest absolute Gasteiger partial charge is 0.383 e. The molecule has 0 saturated carbocycles. The van der Waals surface area contributed by atoms with Crippen LogP contribution in [-0.2, 0) is 0 Å². The van der Waals surface area contributed by atoms with Gasteiger partial charge in [-0.15, -0.1) is 11.3 Å². The van der Waals surface area contributed by atoms with Gasteiger partial charge in [-0.25, -0.2) is 9.97 Å². The maximum Gasteiger partial charge on any atom is 0.275 e. The molecule has 2 aromatic heterocycles. The molecule has 2 aromatic rings. The van der Waals surface area contributed by atoms with Crippen molar-refractivity contribution in [3.05, 3.63) is 33.8 Å². The normalized spacial score (nSPS) is 10.2. The van der Waals surface area contributed by atoms with Gasteiger partial charge in [0.25, 0.3) is 5.69 Å². The van der Waals surface area contributed by atoms with Crippen molar-refractivity contribution in [2.75, 3.05) is 5.73 Å². The van der Waals surface area contributed by atoms with Gasteiger partial charge in [-0.05, 0) is 11.8 Å². The van der Waals surface area contributed by atoms with E-state index < -0.39 is 4.92 Å². The predicted octanol–water partition coefficient (Wildman–Crippen LogP) is 2.18. The Morgan fingerprint density at radius 2 is 2.31 bits per heavy atom. The maximum absolute atomic E-state index is 10.6. The lowest BCUT2D eigenvalue weighted by atomic mass is 10.4. The van der Waals surface area contributed by atoms with Crippen molar-refractivity contribution in [3.63, 3.8) is 0 Å². The van der Waals surface area contributed by atoms with Crippen LogP contribution in [0.15, 0.2) is 33.1 Å². The highest BCUT2D eigenvalue weighted by molar-refractivity contribution is 8.01. The summed E-state index contributed by atoms with van der Waals surface area (Å²) in [5.74, 6) is 0.133. The predicted molar refractivity (Wildman–Crippen MR) is 61.5 cm³/mol. The molecule has 0 saturated heterocycles. The Labute approximate surface area is 98.7 Å². The molecule has 0 aliphatic carbocycles. The zero-order chi connectivity index (χ0) is 11.5. The van der Waals surface area contributed by atoms with Crippen LogP contribution in [0.5, 0.6) is 0 Å². The number of nitrogens with zero attached hydrogens (tertiary/aromatic N) is 3. The van der Waals surface area contributed by atoms with Crippen LogP contribution in [0.1, 0.15) is 0 Å². The number of nitrogen functional groups attached to an aromatic ring is 1. The molecular formula is C8H6N4O2S2. The van der Waals surface area contributed by atoms with Gasteiger partial charge in [0.05, 0.1) is 11.0 Å². The summed E-state index contributed by atoms with van der Waals surface area (Å²) in [6.45, 7) is 0. The highest BCUT2D eigenvalue weighted by atomic mass is 32.2. The van der Waals surface area contributed by atoms with E-state index in [1.54, 1.807) is 6.20 Å². The molecule has 6 nitrogen and oxygen atoms in total. The first-order valence-corrected chi connectivity index (χ1v) is 5.84. The van der Waals surface area contributed by atoms with E-state index in [9.17, 15) is 10.1 Å². The summed E-state index contributed by atoms with van der Waals surface area (Å²) >= 11 is 2.69. The van der Waals surface area contributed by atoms with Crippen molar-refractivity contribution in [3.8, 4) is 0 Å². The lowest BCUT2D eigenvalue weighted by Crippen LogP contribution is -1.95. The molecule has 16 heavy (non-hydrogen) atoms. The second-order valence-corrected chi connectivity index (χ2v) is 4.91. The Morgan fingerprint density at radius 1 is 1.50 bits per heavy atom. The van der Waals surface area contributed by atoms with Crippen molar-refractivity contribution in [2.45, 2.75) is 9.37 Å². The fraction of sp³-hybridized carbons (Fsp3) is 0. The molecule has 0 amide bonds. The summed E-state index contributed by atoms with van der Waals surface area (Å²) in [6, 6.07) is 2.61. The minimum Gasteiger partial charge on any atom is -0.383 e. The van der Waals surface area contributed by atoms with E-state index in [-0.39, 0.29) is 11.5 Å². The Morgan fingerprint density at radius 3 is 2.94 bits per heavy atom. The first-order chi connectivity index (χ1) is 7.65. The van der Waals surface area contributed by atoms with E-state index in [1.165, 1.54) is 35.2 Å². The molecule has 2 heterocycles. The molecule has 0 radical (unpaired) electrons. The quantitative estimate of drug-likeness (QED) is 0.666. The van der Waals surface area contributed by atoms with E-state index in [0.717, 1.165) is 4.34 Å². The number of nitro groups is 1. The van der Waals surface area contributed by atoms with Crippen LogP contribution < -0.4 is 5.73 Å². The van der Waals surface area contributed by atoms with Gasteiger partial charge in [-0.2, -0.15) is 0 Å². The first-order valence-electron chi connectivity index (χ1n) is 4.14. The van der Waals surface area contributed by atoms with E-state index in [2.05, 4.69) is 9.97 Å². The lowest BCUT2D eigenvalue weighted by molar-refractivity contribution is -0.385. The number of pyridine rings is 1. The van der Waals surface area contributed by atoms with Crippen molar-refractivity contribution < 1.29 is 4.92 Å². The summed E-state index contributed by atoms with van der Waals surface area (Å²) in [5, 5.41) is 12.9. The average molecular weight is 254 g/mol. The zero-order valence-corrected chi connectivity index (χ0v) is 9.49. The summed E-state index contributed by atoms with van der Waals surface area (Å²) in [4.78, 5) is 18.2. The number of aromatic nitrogens is 2. The number of thiazole rings is 1. The fourth-order valence-electron chi connectivity index (χ4n) is 1.02. The number of hydrogen-bond donors (Lipinski definition) is 1. The summed E-state index contributed by atoms with van der Waals surface area (Å²) in [5.41, 5.74) is 5.42. The Bertz CT molecular complexity index is 515. The number of rotatable bonds is 3. The van der Waals surface area contributed by atoms with Crippen LogP contribution in [0.25, 0.3) is 0 Å². The van der Waals surface area contributed by atoms with Gasteiger partial charge in [-0.3, -0.25) is 10.1 Å². The minimum absolute atomic E-state index is 0.0634. The molecule has 0 atom stereocenters. The van der Waals surface area contributed by atoms with Crippen molar-refractivity contribution in [1.29, 1.82) is 0 Å². The molecule has 2 N–H and O–H groups in total. The van der Waals surface area contributed by atoms with Gasteiger partial charge >= 0.3 is 0 Å². The van der Waals surface area contributed by atoms with Crippen molar-refractivity contribution in [1.82, 2.24) is 9.97 Å². The van der Waals surface area contributed by atoms with Crippen LogP contribution in [0.2, 0.25) is 0 Å². The summed E-state index contributed by atoms with van der Waals surface area (Å²) in [6.07, 6.45) is 1.66. The Balaban J connectivity index is 2.31. The number of hydrogen-bond acceptors (Lipinski definition) is 7. The van der Waals surface area contributed by atoms with Crippen molar-refractivity contribution in [2.24, 2.45) is 0 Å². The second kappa shape index (κ2) is 4.45. The minimum atomic E-state index is -0.496. The molecular weight excluding hydrogens is 248 g/mol. The molecule has 8 heteroatoms. The molecule has 0 fully saturated rings. The van der Waals surface area contributed by atoms with E-state index in [0.29, 0.717) is 5.03 Å². The van der Waals surface area contributed by atoms with E-state index in [4.69, 9.17) is 5.73 Å². The maximum atomic E-state index is 10.6. The monoisotopic (exact) mass is 254 g/mol. The molecule has 0 aliphatic rings. The second-order valence-electron chi connectivity index (χ2n) is 2.75. The summed E-state index contributed by atoms with van der Waals surface area (Å²) < 4.78 is 0.771. The standard InChI is InChI=1S/C8H6N4O2S2/c9-6-3-5(12(13)14)4-7(11-6)16-8-10-1-2-15-8/h1-4H,(H2,9,11). The number of nitrogens with two attached hydrogens (primary N) is 1. The van der Waals surface area contributed by atoms with Gasteiger partial charge in [0.15, 0.2) is 4.34 Å². The highest BCUT2D eigenvalue weighted by Gasteiger charge is 2.11. The van der Waals surface area contributed by atoms with E-state index >= 15 is 0 Å². The third-order valence-electron chi connectivity index (χ3n) is 1.62. The molecule has 2 rings (SSSR count). The molecule has 0 spiro atoms. The Hall–Kier alpha value is -1.67. The third kappa shape index (κ3) is 2.47. The molecule has 0 aliphatic heterocycles. The molecule has 0 unspecified atom stereocenters. The molecule has 82 valence electrons. The van der Waals surface area contributed by atoms with Gasteiger partial charge < -0.3 is 5.73 Å². The summed E-state index contributed by atoms with van der Waals surface area (Å²) in [7, 11) is 0. The Kier molecular flexibility index (Phi) is 3.02. The highest BCUT2D eigenvalue weighted by Crippen LogP contribution is 2.30. The van der Waals surface area contributed by atoms with Crippen molar-refractivity contribution >= 4 is 34.6 Å².